The molecule has 2 nitrogen and oxygen atoms in total. The number of fused-ring (bicyclic) bond motifs is 1. The fraction of sp³-hybridized carbons (Fsp3) is 0.200. The molecule has 1 heterocycles. The van der Waals surface area contributed by atoms with Gasteiger partial charge in [-0.3, -0.25) is 0 Å². The summed E-state index contributed by atoms with van der Waals surface area (Å²) in [5, 5.41) is 0.715. The van der Waals surface area contributed by atoms with Gasteiger partial charge in [0.25, 0.3) is 0 Å². The third-order valence-corrected chi connectivity index (χ3v) is 3.22. The Balaban J connectivity index is 1.58. The van der Waals surface area contributed by atoms with E-state index in [4.69, 9.17) is 21.1 Å². The first-order valence-electron chi connectivity index (χ1n) is 5.94. The third-order valence-electron chi connectivity index (χ3n) is 2.96. The molecule has 0 aliphatic carbocycles. The van der Waals surface area contributed by atoms with Crippen LogP contribution in [0.2, 0.25) is 5.02 Å². The lowest BCUT2D eigenvalue weighted by molar-refractivity contribution is 0.148. The zero-order valence-corrected chi connectivity index (χ0v) is 10.6. The van der Waals surface area contributed by atoms with Crippen molar-refractivity contribution in [3.63, 3.8) is 0 Å². The first kappa shape index (κ1) is 11.4. The lowest BCUT2D eigenvalue weighted by Gasteiger charge is -2.12. The summed E-state index contributed by atoms with van der Waals surface area (Å²) in [6.45, 7) is 0.552. The molecular formula is C15H13ClO2. The Hall–Kier alpha value is -1.67. The van der Waals surface area contributed by atoms with E-state index < -0.39 is 0 Å². The molecule has 1 aliphatic rings. The topological polar surface area (TPSA) is 18.5 Å². The Morgan fingerprint density at radius 1 is 1.11 bits per heavy atom. The highest BCUT2D eigenvalue weighted by Crippen LogP contribution is 2.28. The average molecular weight is 261 g/mol. The van der Waals surface area contributed by atoms with E-state index in [0.717, 1.165) is 17.9 Å². The summed E-state index contributed by atoms with van der Waals surface area (Å²) in [6, 6.07) is 15.5. The number of ether oxygens (including phenoxy) is 2. The summed E-state index contributed by atoms with van der Waals surface area (Å²) < 4.78 is 11.5. The summed E-state index contributed by atoms with van der Waals surface area (Å²) in [6.07, 6.45) is 1.00. The van der Waals surface area contributed by atoms with E-state index in [1.807, 2.05) is 42.5 Å². The van der Waals surface area contributed by atoms with Gasteiger partial charge in [-0.25, -0.2) is 0 Å². The van der Waals surface area contributed by atoms with Crippen LogP contribution in [0.5, 0.6) is 11.5 Å². The van der Waals surface area contributed by atoms with Crippen molar-refractivity contribution in [1.29, 1.82) is 0 Å². The third kappa shape index (κ3) is 2.44. The molecule has 2 aromatic rings. The van der Waals surface area contributed by atoms with Crippen molar-refractivity contribution in [2.24, 2.45) is 0 Å². The number of rotatable bonds is 3. The van der Waals surface area contributed by atoms with Crippen LogP contribution < -0.4 is 9.47 Å². The SMILES string of the molecule is Clc1ccc(OCC2Cc3ccccc3O2)cc1. The molecule has 1 aliphatic heterocycles. The zero-order chi connectivity index (χ0) is 12.4. The van der Waals surface area contributed by atoms with Gasteiger partial charge >= 0.3 is 0 Å². The number of hydrogen-bond acceptors (Lipinski definition) is 2. The van der Waals surface area contributed by atoms with Crippen molar-refractivity contribution in [2.75, 3.05) is 6.61 Å². The van der Waals surface area contributed by atoms with Gasteiger partial charge in [0, 0.05) is 11.4 Å². The van der Waals surface area contributed by atoms with Gasteiger partial charge in [0.15, 0.2) is 0 Å². The molecule has 0 fully saturated rings. The smallest absolute Gasteiger partial charge is 0.137 e. The minimum Gasteiger partial charge on any atom is -0.490 e. The zero-order valence-electron chi connectivity index (χ0n) is 9.80. The second-order valence-electron chi connectivity index (χ2n) is 4.32. The van der Waals surface area contributed by atoms with Crippen LogP contribution in [0, 0.1) is 0 Å². The Morgan fingerprint density at radius 2 is 1.89 bits per heavy atom. The fourth-order valence-electron chi connectivity index (χ4n) is 2.07. The number of halogens is 1. The second kappa shape index (κ2) is 4.91. The first-order chi connectivity index (χ1) is 8.81. The van der Waals surface area contributed by atoms with Gasteiger partial charge in [0.05, 0.1) is 0 Å². The molecule has 2 aromatic carbocycles. The van der Waals surface area contributed by atoms with Crippen molar-refractivity contribution in [3.8, 4) is 11.5 Å². The van der Waals surface area contributed by atoms with E-state index in [-0.39, 0.29) is 6.10 Å². The molecule has 3 heteroatoms. The Morgan fingerprint density at radius 3 is 2.67 bits per heavy atom. The maximum atomic E-state index is 5.82. The van der Waals surface area contributed by atoms with E-state index >= 15 is 0 Å². The van der Waals surface area contributed by atoms with Crippen LogP contribution in [0.15, 0.2) is 48.5 Å². The number of para-hydroxylation sites is 1. The molecule has 1 unspecified atom stereocenters. The van der Waals surface area contributed by atoms with Gasteiger partial charge in [-0.1, -0.05) is 29.8 Å². The minimum absolute atomic E-state index is 0.0954. The van der Waals surface area contributed by atoms with Crippen LogP contribution in [0.25, 0.3) is 0 Å². The summed E-state index contributed by atoms with van der Waals surface area (Å²) in [4.78, 5) is 0. The van der Waals surface area contributed by atoms with Crippen LogP contribution in [-0.4, -0.2) is 12.7 Å². The maximum Gasteiger partial charge on any atom is 0.137 e. The van der Waals surface area contributed by atoms with Crippen LogP contribution in [0.4, 0.5) is 0 Å². The molecule has 92 valence electrons. The molecule has 0 N–H and O–H groups in total. The average Bonchev–Trinajstić information content (AvgIpc) is 2.81. The van der Waals surface area contributed by atoms with Crippen LogP contribution >= 0.6 is 11.6 Å². The van der Waals surface area contributed by atoms with Gasteiger partial charge in [-0.05, 0) is 35.9 Å². The van der Waals surface area contributed by atoms with Gasteiger partial charge < -0.3 is 9.47 Å². The van der Waals surface area contributed by atoms with Crippen molar-refractivity contribution >= 4 is 11.6 Å². The number of hydrogen-bond donors (Lipinski definition) is 0. The van der Waals surface area contributed by atoms with E-state index in [2.05, 4.69) is 6.07 Å². The molecule has 0 bridgehead atoms. The largest absolute Gasteiger partial charge is 0.490 e. The summed E-state index contributed by atoms with van der Waals surface area (Å²) in [5.41, 5.74) is 1.25. The van der Waals surface area contributed by atoms with E-state index in [1.54, 1.807) is 0 Å². The maximum absolute atomic E-state index is 5.82. The van der Waals surface area contributed by atoms with Crippen molar-refractivity contribution < 1.29 is 9.47 Å². The Bertz CT molecular complexity index is 511. The molecule has 0 radical (unpaired) electrons. The highest BCUT2D eigenvalue weighted by atomic mass is 35.5. The minimum atomic E-state index is 0.0954. The standard InChI is InChI=1S/C15H13ClO2/c16-12-5-7-13(8-6-12)17-10-14-9-11-3-1-2-4-15(11)18-14/h1-8,14H,9-10H2. The lowest BCUT2D eigenvalue weighted by atomic mass is 10.1. The van der Waals surface area contributed by atoms with Crippen LogP contribution in [0.3, 0.4) is 0 Å². The lowest BCUT2D eigenvalue weighted by Crippen LogP contribution is -2.22. The monoisotopic (exact) mass is 260 g/mol. The van der Waals surface area contributed by atoms with Crippen LogP contribution in [-0.2, 0) is 6.42 Å². The molecule has 1 atom stereocenters. The number of benzene rings is 2. The highest BCUT2D eigenvalue weighted by molar-refractivity contribution is 6.30. The van der Waals surface area contributed by atoms with E-state index in [0.29, 0.717) is 11.6 Å². The molecule has 0 spiro atoms. The predicted molar refractivity (Wildman–Crippen MR) is 71.5 cm³/mol. The predicted octanol–water partition coefficient (Wildman–Crippen LogP) is 3.72. The van der Waals surface area contributed by atoms with Gasteiger partial charge in [-0.2, -0.15) is 0 Å². The molecular weight excluding hydrogens is 248 g/mol. The fourth-order valence-corrected chi connectivity index (χ4v) is 2.19. The summed E-state index contributed by atoms with van der Waals surface area (Å²) in [7, 11) is 0. The molecule has 0 amide bonds. The van der Waals surface area contributed by atoms with Gasteiger partial charge in [-0.15, -0.1) is 0 Å². The molecule has 18 heavy (non-hydrogen) atoms. The Kier molecular flexibility index (Phi) is 3.11. The van der Waals surface area contributed by atoms with Crippen molar-refractivity contribution in [2.45, 2.75) is 12.5 Å². The molecule has 3 rings (SSSR count). The molecule has 0 saturated heterocycles. The molecule has 0 saturated carbocycles. The Labute approximate surface area is 111 Å². The second-order valence-corrected chi connectivity index (χ2v) is 4.75. The summed E-state index contributed by atoms with van der Waals surface area (Å²) >= 11 is 5.82. The molecule has 0 aromatic heterocycles. The normalized spacial score (nSPS) is 17.1. The van der Waals surface area contributed by atoms with Crippen molar-refractivity contribution in [1.82, 2.24) is 0 Å². The van der Waals surface area contributed by atoms with Crippen LogP contribution in [0.1, 0.15) is 5.56 Å². The van der Waals surface area contributed by atoms with E-state index in [1.165, 1.54) is 5.56 Å². The summed E-state index contributed by atoms with van der Waals surface area (Å²) in [5.74, 6) is 1.79. The van der Waals surface area contributed by atoms with Gasteiger partial charge in [0.2, 0.25) is 0 Å². The first-order valence-corrected chi connectivity index (χ1v) is 6.32. The van der Waals surface area contributed by atoms with E-state index in [9.17, 15) is 0 Å². The van der Waals surface area contributed by atoms with Gasteiger partial charge in [0.1, 0.15) is 24.2 Å². The highest BCUT2D eigenvalue weighted by Gasteiger charge is 2.22. The quantitative estimate of drug-likeness (QED) is 0.837. The van der Waals surface area contributed by atoms with Crippen molar-refractivity contribution in [3.05, 3.63) is 59.1 Å².